The van der Waals surface area contributed by atoms with Gasteiger partial charge in [0.2, 0.25) is 10.0 Å². The summed E-state index contributed by atoms with van der Waals surface area (Å²) in [6.07, 6.45) is 1.52. The highest BCUT2D eigenvalue weighted by molar-refractivity contribution is 7.99. The van der Waals surface area contributed by atoms with Crippen LogP contribution in [-0.2, 0) is 10.0 Å². The standard InChI is InChI=1S/C17H20N4O3S3/c1-4-20(5-2)27(23,24)13-7-9-16-18-19-17(21(16)10-13)25-11-14(22)15-8-6-12(3)26-15/h6-10H,4-5,11H2,1-3H3. The van der Waals surface area contributed by atoms with Gasteiger partial charge in [0.05, 0.1) is 15.5 Å². The SMILES string of the molecule is CCN(CC)S(=O)(=O)c1ccc2nnc(SCC(=O)c3ccc(C)s3)n2c1. The minimum Gasteiger partial charge on any atom is -0.292 e. The zero-order chi connectivity index (χ0) is 19.6. The minimum absolute atomic E-state index is 0.0155. The van der Waals surface area contributed by atoms with Crippen LogP contribution in [0.15, 0.2) is 40.5 Å². The van der Waals surface area contributed by atoms with Gasteiger partial charge in [-0.15, -0.1) is 21.5 Å². The molecule has 0 bridgehead atoms. The van der Waals surface area contributed by atoms with Crippen LogP contribution < -0.4 is 0 Å². The zero-order valence-corrected chi connectivity index (χ0v) is 17.7. The highest BCUT2D eigenvalue weighted by Crippen LogP contribution is 2.23. The van der Waals surface area contributed by atoms with Crippen molar-refractivity contribution < 1.29 is 13.2 Å². The molecule has 7 nitrogen and oxygen atoms in total. The third-order valence-electron chi connectivity index (χ3n) is 4.03. The number of thiophene rings is 1. The second-order valence-electron chi connectivity index (χ2n) is 5.79. The summed E-state index contributed by atoms with van der Waals surface area (Å²) in [7, 11) is -3.58. The van der Waals surface area contributed by atoms with Gasteiger partial charge in [0.1, 0.15) is 0 Å². The summed E-state index contributed by atoms with van der Waals surface area (Å²) >= 11 is 2.71. The first-order chi connectivity index (χ1) is 12.9. The molecule has 0 unspecified atom stereocenters. The summed E-state index contributed by atoms with van der Waals surface area (Å²) in [5, 5.41) is 8.64. The average Bonchev–Trinajstić information content (AvgIpc) is 3.26. The Morgan fingerprint density at radius 3 is 2.56 bits per heavy atom. The molecular formula is C17H20N4O3S3. The van der Waals surface area contributed by atoms with Crippen LogP contribution in [0.2, 0.25) is 0 Å². The first-order valence-corrected chi connectivity index (χ1v) is 11.7. The fourth-order valence-corrected chi connectivity index (χ4v) is 5.75. The second-order valence-corrected chi connectivity index (χ2v) is 9.96. The number of thioether (sulfide) groups is 1. The smallest absolute Gasteiger partial charge is 0.244 e. The van der Waals surface area contributed by atoms with E-state index in [1.54, 1.807) is 24.3 Å². The lowest BCUT2D eigenvalue weighted by Gasteiger charge is -2.18. The number of hydrogen-bond acceptors (Lipinski definition) is 7. The molecule has 0 fully saturated rings. The van der Waals surface area contributed by atoms with Crippen LogP contribution in [-0.4, -0.2) is 51.9 Å². The molecule has 0 amide bonds. The molecule has 0 N–H and O–H groups in total. The van der Waals surface area contributed by atoms with E-state index in [2.05, 4.69) is 10.2 Å². The third kappa shape index (κ3) is 4.08. The van der Waals surface area contributed by atoms with E-state index in [-0.39, 0.29) is 16.4 Å². The van der Waals surface area contributed by atoms with E-state index in [1.807, 2.05) is 19.1 Å². The lowest BCUT2D eigenvalue weighted by molar-refractivity contribution is 0.102. The van der Waals surface area contributed by atoms with Crippen molar-refractivity contribution in [2.45, 2.75) is 30.8 Å². The molecule has 3 aromatic rings. The number of carbonyl (C=O) groups excluding carboxylic acids is 1. The van der Waals surface area contributed by atoms with Gasteiger partial charge in [-0.05, 0) is 31.2 Å². The molecule has 0 aromatic carbocycles. The lowest BCUT2D eigenvalue weighted by Crippen LogP contribution is -2.30. The predicted molar refractivity (Wildman–Crippen MR) is 107 cm³/mol. The first-order valence-electron chi connectivity index (χ1n) is 8.44. The molecule has 10 heteroatoms. The number of Topliss-reactive ketones (excluding diaryl/α,β-unsaturated/α-hetero) is 1. The summed E-state index contributed by atoms with van der Waals surface area (Å²) in [6.45, 7) is 6.36. The molecule has 0 aliphatic rings. The highest BCUT2D eigenvalue weighted by atomic mass is 32.2. The van der Waals surface area contributed by atoms with Crippen LogP contribution in [0.5, 0.6) is 0 Å². The van der Waals surface area contributed by atoms with Crippen LogP contribution in [0.4, 0.5) is 0 Å². The van der Waals surface area contributed by atoms with Crippen LogP contribution in [0.25, 0.3) is 5.65 Å². The summed E-state index contributed by atoms with van der Waals surface area (Å²) in [5.41, 5.74) is 0.537. The van der Waals surface area contributed by atoms with E-state index in [1.165, 1.54) is 39.7 Å². The average molecular weight is 425 g/mol. The molecule has 0 atom stereocenters. The molecule has 3 aromatic heterocycles. The molecule has 0 radical (unpaired) electrons. The van der Waals surface area contributed by atoms with Crippen molar-refractivity contribution in [3.05, 3.63) is 40.2 Å². The van der Waals surface area contributed by atoms with Gasteiger partial charge in [0.25, 0.3) is 0 Å². The molecule has 3 heterocycles. The van der Waals surface area contributed by atoms with Crippen LogP contribution in [0, 0.1) is 6.92 Å². The fraction of sp³-hybridized carbons (Fsp3) is 0.353. The maximum absolute atomic E-state index is 12.7. The van der Waals surface area contributed by atoms with Crippen molar-refractivity contribution in [3.8, 4) is 0 Å². The Labute approximate surface area is 166 Å². The quantitative estimate of drug-likeness (QED) is 0.408. The topological polar surface area (TPSA) is 84.6 Å². The Kier molecular flexibility index (Phi) is 5.99. The van der Waals surface area contributed by atoms with E-state index < -0.39 is 10.0 Å². The molecule has 0 aliphatic heterocycles. The number of ketones is 1. The van der Waals surface area contributed by atoms with Gasteiger partial charge in [0.15, 0.2) is 16.6 Å². The number of pyridine rings is 1. The van der Waals surface area contributed by atoms with Gasteiger partial charge in [0, 0.05) is 24.2 Å². The van der Waals surface area contributed by atoms with Crippen molar-refractivity contribution in [1.29, 1.82) is 0 Å². The van der Waals surface area contributed by atoms with E-state index in [4.69, 9.17) is 0 Å². The largest absolute Gasteiger partial charge is 0.292 e. The summed E-state index contributed by atoms with van der Waals surface area (Å²) in [5.74, 6) is 0.232. The van der Waals surface area contributed by atoms with Crippen LogP contribution in [0.1, 0.15) is 28.4 Å². The van der Waals surface area contributed by atoms with Crippen LogP contribution >= 0.6 is 23.1 Å². The fourth-order valence-electron chi connectivity index (χ4n) is 2.60. The van der Waals surface area contributed by atoms with Crippen molar-refractivity contribution >= 4 is 44.6 Å². The van der Waals surface area contributed by atoms with Gasteiger partial charge in [-0.25, -0.2) is 8.42 Å². The molecule has 0 spiro atoms. The van der Waals surface area contributed by atoms with Crippen LogP contribution in [0.3, 0.4) is 0 Å². The molecule has 0 aliphatic carbocycles. The minimum atomic E-state index is -3.58. The summed E-state index contributed by atoms with van der Waals surface area (Å²) in [4.78, 5) is 14.3. The Hall–Kier alpha value is -1.75. The van der Waals surface area contributed by atoms with E-state index in [0.29, 0.717) is 28.8 Å². The molecule has 3 rings (SSSR count). The Morgan fingerprint density at radius 2 is 1.93 bits per heavy atom. The van der Waals surface area contributed by atoms with Crippen molar-refractivity contribution in [1.82, 2.24) is 18.9 Å². The predicted octanol–water partition coefficient (Wildman–Crippen LogP) is 3.10. The molecule has 0 saturated carbocycles. The zero-order valence-electron chi connectivity index (χ0n) is 15.2. The highest BCUT2D eigenvalue weighted by Gasteiger charge is 2.23. The number of aromatic nitrogens is 3. The number of carbonyl (C=O) groups is 1. The molecule has 27 heavy (non-hydrogen) atoms. The molecule has 144 valence electrons. The maximum atomic E-state index is 12.7. The number of sulfonamides is 1. The summed E-state index contributed by atoms with van der Waals surface area (Å²) < 4.78 is 28.5. The summed E-state index contributed by atoms with van der Waals surface area (Å²) in [6, 6.07) is 6.89. The van der Waals surface area contributed by atoms with Crippen molar-refractivity contribution in [3.63, 3.8) is 0 Å². The monoisotopic (exact) mass is 424 g/mol. The Morgan fingerprint density at radius 1 is 1.19 bits per heavy atom. The normalized spacial score (nSPS) is 12.1. The van der Waals surface area contributed by atoms with E-state index in [0.717, 1.165) is 4.88 Å². The molecule has 0 saturated heterocycles. The number of fused-ring (bicyclic) bond motifs is 1. The number of rotatable bonds is 8. The number of hydrogen-bond donors (Lipinski definition) is 0. The second kappa shape index (κ2) is 8.09. The van der Waals surface area contributed by atoms with Crippen molar-refractivity contribution in [2.24, 2.45) is 0 Å². The lowest BCUT2D eigenvalue weighted by atomic mass is 10.3. The third-order valence-corrected chi connectivity index (χ3v) is 8.05. The Balaban J connectivity index is 1.86. The van der Waals surface area contributed by atoms with Gasteiger partial charge in [-0.1, -0.05) is 25.6 Å². The van der Waals surface area contributed by atoms with Gasteiger partial charge in [-0.3, -0.25) is 9.20 Å². The van der Waals surface area contributed by atoms with Gasteiger partial charge >= 0.3 is 0 Å². The number of nitrogens with zero attached hydrogens (tertiary/aromatic N) is 4. The molecular weight excluding hydrogens is 404 g/mol. The Bertz CT molecular complexity index is 1070. The van der Waals surface area contributed by atoms with Gasteiger partial charge in [-0.2, -0.15) is 4.31 Å². The van der Waals surface area contributed by atoms with Crippen molar-refractivity contribution in [2.75, 3.05) is 18.8 Å². The maximum Gasteiger partial charge on any atom is 0.244 e. The first kappa shape index (κ1) is 20.0. The van der Waals surface area contributed by atoms with E-state index >= 15 is 0 Å². The number of aryl methyl sites for hydroxylation is 1. The van der Waals surface area contributed by atoms with Gasteiger partial charge < -0.3 is 0 Å². The van der Waals surface area contributed by atoms with E-state index in [9.17, 15) is 13.2 Å².